The summed E-state index contributed by atoms with van der Waals surface area (Å²) in [7, 11) is 1.15. The summed E-state index contributed by atoms with van der Waals surface area (Å²) < 4.78 is 31.5. The standard InChI is InChI=1S/C31H52O13/c1-14(2)20(32)26(33)40-22(16(5)6)28(35)42-24(18(9)10)30(37)44-25(19(11)12)31(38)43-23(17(7)8)29(36)41-21(15(3)4)27(34)39-13/h14-25,32H,1-13H3/t20-,21-,22-,23-,24-,25-/m1/s1. The summed E-state index contributed by atoms with van der Waals surface area (Å²) >= 11 is 0. The maximum absolute atomic E-state index is 13.2. The van der Waals surface area contributed by atoms with E-state index in [9.17, 15) is 33.9 Å². The Hall–Kier alpha value is -3.22. The Kier molecular flexibility index (Phi) is 17.2. The molecule has 0 aromatic carbocycles. The van der Waals surface area contributed by atoms with Gasteiger partial charge in [-0.15, -0.1) is 0 Å². The van der Waals surface area contributed by atoms with Gasteiger partial charge in [-0.05, 0) is 5.92 Å². The molecule has 0 saturated heterocycles. The van der Waals surface area contributed by atoms with E-state index in [1.54, 1.807) is 83.1 Å². The van der Waals surface area contributed by atoms with Gasteiger partial charge in [0.1, 0.15) is 0 Å². The van der Waals surface area contributed by atoms with Crippen molar-refractivity contribution in [3.8, 4) is 0 Å². The lowest BCUT2D eigenvalue weighted by molar-refractivity contribution is -0.196. The van der Waals surface area contributed by atoms with E-state index >= 15 is 0 Å². The highest BCUT2D eigenvalue weighted by molar-refractivity contribution is 5.87. The number of rotatable bonds is 17. The summed E-state index contributed by atoms with van der Waals surface area (Å²) in [5.74, 6) is -9.15. The fourth-order valence-corrected chi connectivity index (χ4v) is 3.63. The van der Waals surface area contributed by atoms with E-state index in [0.29, 0.717) is 0 Å². The molecule has 0 fully saturated rings. The molecule has 6 atom stereocenters. The summed E-state index contributed by atoms with van der Waals surface area (Å²) in [6, 6.07) is 0. The van der Waals surface area contributed by atoms with Gasteiger partial charge in [0, 0.05) is 29.6 Å². The molecule has 0 radical (unpaired) electrons. The number of carbonyl (C=O) groups is 6. The number of methoxy groups -OCH3 is 1. The Labute approximate surface area is 260 Å². The summed E-state index contributed by atoms with van der Waals surface area (Å²) in [4.78, 5) is 76.8. The number of esters is 6. The third kappa shape index (κ3) is 12.4. The van der Waals surface area contributed by atoms with Crippen LogP contribution >= 0.6 is 0 Å². The van der Waals surface area contributed by atoms with Gasteiger partial charge in [-0.25, -0.2) is 28.8 Å². The van der Waals surface area contributed by atoms with Crippen LogP contribution in [0.4, 0.5) is 0 Å². The highest BCUT2D eigenvalue weighted by Gasteiger charge is 2.41. The van der Waals surface area contributed by atoms with Crippen LogP contribution < -0.4 is 0 Å². The predicted octanol–water partition coefficient (Wildman–Crippen LogP) is 3.02. The molecular formula is C31H52O13. The molecule has 254 valence electrons. The molecule has 0 unspecified atom stereocenters. The first-order valence-electron chi connectivity index (χ1n) is 15.0. The van der Waals surface area contributed by atoms with E-state index in [2.05, 4.69) is 0 Å². The molecule has 0 aliphatic rings. The molecular weight excluding hydrogens is 580 g/mol. The van der Waals surface area contributed by atoms with Crippen LogP contribution in [0, 0.1) is 35.5 Å². The van der Waals surface area contributed by atoms with Crippen molar-refractivity contribution in [1.82, 2.24) is 0 Å². The predicted molar refractivity (Wildman–Crippen MR) is 156 cm³/mol. The highest BCUT2D eigenvalue weighted by Crippen LogP contribution is 2.21. The van der Waals surface area contributed by atoms with Crippen LogP contribution in [-0.2, 0) is 57.2 Å². The number of ether oxygens (including phenoxy) is 6. The SMILES string of the molecule is COC(=O)[C@H](OC(=O)[C@H](OC(=O)[C@H](OC(=O)[C@H](OC(=O)[C@H](OC(=O)[C@H](O)C(C)C)C(C)C)C(C)C)C(C)C)C(C)C)C(C)C. The number of hydrogen-bond donors (Lipinski definition) is 1. The average molecular weight is 633 g/mol. The summed E-state index contributed by atoms with van der Waals surface area (Å²) in [6.45, 7) is 19.2. The summed E-state index contributed by atoms with van der Waals surface area (Å²) in [5, 5.41) is 10.0. The van der Waals surface area contributed by atoms with Gasteiger partial charge in [0.2, 0.25) is 30.5 Å². The quantitative estimate of drug-likeness (QED) is 0.183. The Morgan fingerprint density at radius 2 is 0.568 bits per heavy atom. The molecule has 0 aromatic heterocycles. The van der Waals surface area contributed by atoms with Crippen molar-refractivity contribution in [2.24, 2.45) is 35.5 Å². The maximum Gasteiger partial charge on any atom is 0.348 e. The molecule has 0 amide bonds. The summed E-state index contributed by atoms with van der Waals surface area (Å²) in [5.41, 5.74) is 0. The fraction of sp³-hybridized carbons (Fsp3) is 0.806. The lowest BCUT2D eigenvalue weighted by Gasteiger charge is -2.29. The topological polar surface area (TPSA) is 178 Å². The second kappa shape index (κ2) is 18.6. The zero-order chi connectivity index (χ0) is 34.6. The van der Waals surface area contributed by atoms with Crippen molar-refractivity contribution < 1.29 is 62.3 Å². The number of hydrogen-bond acceptors (Lipinski definition) is 13. The second-order valence-corrected chi connectivity index (χ2v) is 12.7. The van der Waals surface area contributed by atoms with Crippen molar-refractivity contribution in [2.45, 2.75) is 120 Å². The fourth-order valence-electron chi connectivity index (χ4n) is 3.63. The molecule has 13 heteroatoms. The first kappa shape index (κ1) is 40.8. The highest BCUT2D eigenvalue weighted by atomic mass is 16.6. The maximum atomic E-state index is 13.2. The van der Waals surface area contributed by atoms with Gasteiger partial charge in [-0.1, -0.05) is 83.1 Å². The zero-order valence-electron chi connectivity index (χ0n) is 28.3. The van der Waals surface area contributed by atoms with Crippen LogP contribution in [0.1, 0.15) is 83.1 Å². The number of carbonyl (C=O) groups excluding carboxylic acids is 6. The lowest BCUT2D eigenvalue weighted by atomic mass is 10.0. The molecule has 44 heavy (non-hydrogen) atoms. The van der Waals surface area contributed by atoms with Gasteiger partial charge in [0.05, 0.1) is 7.11 Å². The van der Waals surface area contributed by atoms with Gasteiger partial charge in [0.15, 0.2) is 6.10 Å². The van der Waals surface area contributed by atoms with Crippen molar-refractivity contribution in [1.29, 1.82) is 0 Å². The van der Waals surface area contributed by atoms with E-state index in [-0.39, 0.29) is 0 Å². The normalized spacial score (nSPS) is 15.8. The molecule has 0 saturated carbocycles. The zero-order valence-corrected chi connectivity index (χ0v) is 28.3. The molecule has 0 aliphatic carbocycles. The lowest BCUT2D eigenvalue weighted by Crippen LogP contribution is -2.46. The minimum atomic E-state index is -1.50. The van der Waals surface area contributed by atoms with Crippen LogP contribution in [0.3, 0.4) is 0 Å². The van der Waals surface area contributed by atoms with E-state index in [1.165, 1.54) is 0 Å². The Morgan fingerprint density at radius 1 is 0.364 bits per heavy atom. The van der Waals surface area contributed by atoms with Gasteiger partial charge in [0.25, 0.3) is 0 Å². The van der Waals surface area contributed by atoms with Crippen LogP contribution in [0.15, 0.2) is 0 Å². The summed E-state index contributed by atoms with van der Waals surface area (Å²) in [6.07, 6.45) is -8.54. The average Bonchev–Trinajstić information content (AvgIpc) is 2.92. The molecule has 0 heterocycles. The van der Waals surface area contributed by atoms with Crippen molar-refractivity contribution in [3.05, 3.63) is 0 Å². The van der Waals surface area contributed by atoms with Crippen molar-refractivity contribution >= 4 is 35.8 Å². The molecule has 13 nitrogen and oxygen atoms in total. The molecule has 1 N–H and O–H groups in total. The minimum absolute atomic E-state index is 0.422. The van der Waals surface area contributed by atoms with Gasteiger partial charge >= 0.3 is 35.8 Å². The Morgan fingerprint density at radius 3 is 0.750 bits per heavy atom. The first-order chi connectivity index (χ1) is 20.2. The smallest absolute Gasteiger partial charge is 0.348 e. The van der Waals surface area contributed by atoms with Crippen molar-refractivity contribution in [2.75, 3.05) is 7.11 Å². The van der Waals surface area contributed by atoms with E-state index in [1.807, 2.05) is 0 Å². The Bertz CT molecular complexity index is 983. The molecule has 0 spiro atoms. The molecule has 0 aliphatic heterocycles. The monoisotopic (exact) mass is 632 g/mol. The molecule has 0 bridgehead atoms. The Balaban J connectivity index is 5.88. The van der Waals surface area contributed by atoms with Crippen LogP contribution in [0.25, 0.3) is 0 Å². The largest absolute Gasteiger partial charge is 0.466 e. The van der Waals surface area contributed by atoms with Gasteiger partial charge < -0.3 is 33.5 Å². The van der Waals surface area contributed by atoms with Gasteiger partial charge in [-0.2, -0.15) is 0 Å². The van der Waals surface area contributed by atoms with Crippen molar-refractivity contribution in [3.63, 3.8) is 0 Å². The van der Waals surface area contributed by atoms with E-state index < -0.39 is 108 Å². The van der Waals surface area contributed by atoms with Crippen LogP contribution in [-0.4, -0.2) is 84.7 Å². The first-order valence-corrected chi connectivity index (χ1v) is 15.0. The number of aliphatic hydroxyl groups is 1. The number of aliphatic hydroxyl groups excluding tert-OH is 1. The minimum Gasteiger partial charge on any atom is -0.466 e. The van der Waals surface area contributed by atoms with E-state index in [0.717, 1.165) is 7.11 Å². The van der Waals surface area contributed by atoms with E-state index in [4.69, 9.17) is 28.4 Å². The van der Waals surface area contributed by atoms with Gasteiger partial charge in [-0.3, -0.25) is 0 Å². The molecule has 0 aromatic rings. The van der Waals surface area contributed by atoms with Crippen LogP contribution in [0.2, 0.25) is 0 Å². The molecule has 0 rings (SSSR count). The second-order valence-electron chi connectivity index (χ2n) is 12.7. The van der Waals surface area contributed by atoms with Crippen LogP contribution in [0.5, 0.6) is 0 Å². The third-order valence-corrected chi connectivity index (χ3v) is 6.48. The third-order valence-electron chi connectivity index (χ3n) is 6.48.